The van der Waals surface area contributed by atoms with Gasteiger partial charge in [0, 0.05) is 25.9 Å². The van der Waals surface area contributed by atoms with Gasteiger partial charge in [0.15, 0.2) is 0 Å². The zero-order valence-corrected chi connectivity index (χ0v) is 10.0. The van der Waals surface area contributed by atoms with Crippen LogP contribution < -0.4 is 5.32 Å². The molecule has 1 unspecified atom stereocenters. The molecule has 0 aliphatic carbocycles. The first-order valence-corrected chi connectivity index (χ1v) is 6.15. The highest BCUT2D eigenvalue weighted by Crippen LogP contribution is 2.12. The van der Waals surface area contributed by atoms with E-state index in [1.54, 1.807) is 6.20 Å². The standard InChI is InChI=1S/C12H17ClN2O/c13-12-5-4-10(8-15-12)7-14-9-11-3-1-2-6-16-11/h4-5,8,11,14H,1-3,6-7,9H2. The van der Waals surface area contributed by atoms with Crippen molar-refractivity contribution in [2.45, 2.75) is 31.9 Å². The number of pyridine rings is 1. The van der Waals surface area contributed by atoms with E-state index in [4.69, 9.17) is 16.3 Å². The Hall–Kier alpha value is -0.640. The second kappa shape index (κ2) is 6.18. The Morgan fingerprint density at radius 2 is 2.38 bits per heavy atom. The maximum absolute atomic E-state index is 5.72. The third-order valence-electron chi connectivity index (χ3n) is 2.76. The summed E-state index contributed by atoms with van der Waals surface area (Å²) in [5, 5.41) is 3.92. The zero-order chi connectivity index (χ0) is 11.2. The summed E-state index contributed by atoms with van der Waals surface area (Å²) in [6.45, 7) is 2.65. The molecule has 0 spiro atoms. The van der Waals surface area contributed by atoms with Crippen molar-refractivity contribution >= 4 is 11.6 Å². The van der Waals surface area contributed by atoms with Gasteiger partial charge in [0.05, 0.1) is 6.10 Å². The molecule has 0 radical (unpaired) electrons. The summed E-state index contributed by atoms with van der Waals surface area (Å²) < 4.78 is 5.64. The topological polar surface area (TPSA) is 34.1 Å². The molecule has 0 saturated carbocycles. The first-order valence-electron chi connectivity index (χ1n) is 5.77. The van der Waals surface area contributed by atoms with Crippen LogP contribution in [-0.4, -0.2) is 24.2 Å². The van der Waals surface area contributed by atoms with Crippen LogP contribution in [0.2, 0.25) is 5.15 Å². The molecule has 2 rings (SSSR count). The molecule has 0 amide bonds. The quantitative estimate of drug-likeness (QED) is 0.821. The minimum atomic E-state index is 0.383. The van der Waals surface area contributed by atoms with E-state index in [1.165, 1.54) is 19.3 Å². The molecule has 4 heteroatoms. The van der Waals surface area contributed by atoms with Gasteiger partial charge in [-0.3, -0.25) is 0 Å². The summed E-state index contributed by atoms with van der Waals surface area (Å²) in [7, 11) is 0. The normalized spacial score (nSPS) is 20.9. The van der Waals surface area contributed by atoms with Crippen molar-refractivity contribution in [2.24, 2.45) is 0 Å². The van der Waals surface area contributed by atoms with Crippen LogP contribution in [0.1, 0.15) is 24.8 Å². The number of hydrogen-bond donors (Lipinski definition) is 1. The number of nitrogens with one attached hydrogen (secondary N) is 1. The number of ether oxygens (including phenoxy) is 1. The average molecular weight is 241 g/mol. The fourth-order valence-corrected chi connectivity index (χ4v) is 1.97. The maximum atomic E-state index is 5.72. The third kappa shape index (κ3) is 3.74. The Morgan fingerprint density at radius 3 is 3.06 bits per heavy atom. The molecular weight excluding hydrogens is 224 g/mol. The molecule has 2 heterocycles. The number of rotatable bonds is 4. The van der Waals surface area contributed by atoms with Crippen LogP contribution in [0.3, 0.4) is 0 Å². The van der Waals surface area contributed by atoms with Crippen molar-refractivity contribution in [3.05, 3.63) is 29.0 Å². The van der Waals surface area contributed by atoms with Gasteiger partial charge in [-0.2, -0.15) is 0 Å². The van der Waals surface area contributed by atoms with Crippen molar-refractivity contribution in [1.82, 2.24) is 10.3 Å². The summed E-state index contributed by atoms with van der Waals surface area (Å²) in [5.41, 5.74) is 1.15. The first-order chi connectivity index (χ1) is 7.84. The highest BCUT2D eigenvalue weighted by Gasteiger charge is 2.12. The highest BCUT2D eigenvalue weighted by atomic mass is 35.5. The number of nitrogens with zero attached hydrogens (tertiary/aromatic N) is 1. The van der Waals surface area contributed by atoms with Crippen molar-refractivity contribution in [1.29, 1.82) is 0 Å². The summed E-state index contributed by atoms with van der Waals surface area (Å²) >= 11 is 5.72. The molecule has 0 aromatic carbocycles. The Labute approximate surface area is 101 Å². The lowest BCUT2D eigenvalue weighted by molar-refractivity contribution is 0.0168. The lowest BCUT2D eigenvalue weighted by atomic mass is 10.1. The largest absolute Gasteiger partial charge is 0.377 e. The molecule has 1 fully saturated rings. The van der Waals surface area contributed by atoms with E-state index in [-0.39, 0.29) is 0 Å². The van der Waals surface area contributed by atoms with E-state index in [2.05, 4.69) is 10.3 Å². The van der Waals surface area contributed by atoms with Crippen LogP contribution in [0.15, 0.2) is 18.3 Å². The van der Waals surface area contributed by atoms with Crippen LogP contribution in [0.4, 0.5) is 0 Å². The van der Waals surface area contributed by atoms with Gasteiger partial charge >= 0.3 is 0 Å². The van der Waals surface area contributed by atoms with Crippen LogP contribution in [0.5, 0.6) is 0 Å². The van der Waals surface area contributed by atoms with E-state index >= 15 is 0 Å². The molecule has 1 atom stereocenters. The van der Waals surface area contributed by atoms with Crippen LogP contribution in [0, 0.1) is 0 Å². The van der Waals surface area contributed by atoms with Gasteiger partial charge in [0.2, 0.25) is 0 Å². The minimum Gasteiger partial charge on any atom is -0.377 e. The van der Waals surface area contributed by atoms with Crippen molar-refractivity contribution in [2.75, 3.05) is 13.2 Å². The summed E-state index contributed by atoms with van der Waals surface area (Å²) in [6.07, 6.45) is 5.85. The number of hydrogen-bond acceptors (Lipinski definition) is 3. The second-order valence-corrected chi connectivity index (χ2v) is 4.50. The first kappa shape index (κ1) is 11.8. The summed E-state index contributed by atoms with van der Waals surface area (Å²) in [5.74, 6) is 0. The fraction of sp³-hybridized carbons (Fsp3) is 0.583. The van der Waals surface area contributed by atoms with Gasteiger partial charge in [-0.05, 0) is 30.9 Å². The van der Waals surface area contributed by atoms with Crippen molar-refractivity contribution in [3.63, 3.8) is 0 Å². The minimum absolute atomic E-state index is 0.383. The van der Waals surface area contributed by atoms with E-state index in [9.17, 15) is 0 Å². The molecule has 1 N–H and O–H groups in total. The van der Waals surface area contributed by atoms with Crippen LogP contribution in [0.25, 0.3) is 0 Å². The Morgan fingerprint density at radius 1 is 1.44 bits per heavy atom. The van der Waals surface area contributed by atoms with Crippen molar-refractivity contribution in [3.8, 4) is 0 Å². The summed E-state index contributed by atoms with van der Waals surface area (Å²) in [4.78, 5) is 4.04. The van der Waals surface area contributed by atoms with Gasteiger partial charge in [-0.1, -0.05) is 17.7 Å². The SMILES string of the molecule is Clc1ccc(CNCC2CCCCO2)cn1. The van der Waals surface area contributed by atoms with Crippen LogP contribution in [-0.2, 0) is 11.3 Å². The number of halogens is 1. The van der Waals surface area contributed by atoms with E-state index in [0.717, 1.165) is 25.3 Å². The van der Waals surface area contributed by atoms with Gasteiger partial charge < -0.3 is 10.1 Å². The Balaban J connectivity index is 1.69. The molecule has 16 heavy (non-hydrogen) atoms. The van der Waals surface area contributed by atoms with Gasteiger partial charge in [-0.25, -0.2) is 4.98 Å². The predicted molar refractivity (Wildman–Crippen MR) is 64.5 cm³/mol. The van der Waals surface area contributed by atoms with E-state index < -0.39 is 0 Å². The Kier molecular flexibility index (Phi) is 4.57. The smallest absolute Gasteiger partial charge is 0.129 e. The molecule has 3 nitrogen and oxygen atoms in total. The zero-order valence-electron chi connectivity index (χ0n) is 9.29. The molecule has 1 saturated heterocycles. The molecule has 1 aliphatic rings. The highest BCUT2D eigenvalue weighted by molar-refractivity contribution is 6.29. The van der Waals surface area contributed by atoms with Gasteiger partial charge in [0.1, 0.15) is 5.15 Å². The lowest BCUT2D eigenvalue weighted by Crippen LogP contribution is -2.31. The number of aromatic nitrogens is 1. The van der Waals surface area contributed by atoms with Gasteiger partial charge in [-0.15, -0.1) is 0 Å². The van der Waals surface area contributed by atoms with Crippen molar-refractivity contribution < 1.29 is 4.74 Å². The molecular formula is C12H17ClN2O. The van der Waals surface area contributed by atoms with Gasteiger partial charge in [0.25, 0.3) is 0 Å². The van der Waals surface area contributed by atoms with E-state index in [1.807, 2.05) is 12.1 Å². The average Bonchev–Trinajstić information content (AvgIpc) is 2.33. The predicted octanol–water partition coefficient (Wildman–Crippen LogP) is 2.39. The fourth-order valence-electron chi connectivity index (χ4n) is 1.86. The van der Waals surface area contributed by atoms with Crippen LogP contribution >= 0.6 is 11.6 Å². The lowest BCUT2D eigenvalue weighted by Gasteiger charge is -2.22. The van der Waals surface area contributed by atoms with E-state index in [0.29, 0.717) is 11.3 Å². The molecule has 0 bridgehead atoms. The molecule has 88 valence electrons. The summed E-state index contributed by atoms with van der Waals surface area (Å²) in [6, 6.07) is 3.81. The third-order valence-corrected chi connectivity index (χ3v) is 2.99. The maximum Gasteiger partial charge on any atom is 0.129 e. The molecule has 1 aromatic heterocycles. The monoisotopic (exact) mass is 240 g/mol. The molecule has 1 aliphatic heterocycles. The Bertz CT molecular complexity index is 309. The second-order valence-electron chi connectivity index (χ2n) is 4.11. The molecule has 1 aromatic rings.